The minimum absolute atomic E-state index is 0.263. The molecule has 2 amide bonds. The van der Waals surface area contributed by atoms with Crippen LogP contribution in [0.4, 0.5) is 16.2 Å². The van der Waals surface area contributed by atoms with Gasteiger partial charge in [0.25, 0.3) is 0 Å². The number of benzene rings is 3. The summed E-state index contributed by atoms with van der Waals surface area (Å²) in [5.41, 5.74) is 8.01. The Morgan fingerprint density at radius 1 is 0.821 bits per heavy atom. The maximum absolute atomic E-state index is 12.7. The number of amides is 2. The van der Waals surface area contributed by atoms with Gasteiger partial charge in [0.1, 0.15) is 0 Å². The van der Waals surface area contributed by atoms with Gasteiger partial charge >= 0.3 is 6.03 Å². The fourth-order valence-electron chi connectivity index (χ4n) is 3.30. The normalized spacial score (nSPS) is 10.8. The van der Waals surface area contributed by atoms with Crippen LogP contribution in [0.25, 0.3) is 22.2 Å². The van der Waals surface area contributed by atoms with Gasteiger partial charge < -0.3 is 15.6 Å². The first kappa shape index (κ1) is 17.9. The molecule has 0 atom stereocenters. The van der Waals surface area contributed by atoms with E-state index in [9.17, 15) is 4.79 Å². The first-order chi connectivity index (χ1) is 13.5. The summed E-state index contributed by atoms with van der Waals surface area (Å²) in [4.78, 5) is 16.2. The lowest BCUT2D eigenvalue weighted by Gasteiger charge is -2.11. The molecule has 0 radical (unpaired) electrons. The molecule has 0 unspecified atom stereocenters. The van der Waals surface area contributed by atoms with Gasteiger partial charge in [-0.2, -0.15) is 0 Å². The second-order valence-corrected chi connectivity index (χ2v) is 7.16. The van der Waals surface area contributed by atoms with Gasteiger partial charge in [0.15, 0.2) is 0 Å². The minimum Gasteiger partial charge on any atom is -0.353 e. The molecule has 0 saturated carbocycles. The number of aromatic amines is 1. The van der Waals surface area contributed by atoms with Gasteiger partial charge in [-0.05, 0) is 50.1 Å². The molecular weight excluding hydrogens is 346 g/mol. The van der Waals surface area contributed by atoms with Gasteiger partial charge in [-0.25, -0.2) is 4.79 Å². The van der Waals surface area contributed by atoms with Crippen LogP contribution in [-0.2, 0) is 0 Å². The van der Waals surface area contributed by atoms with E-state index in [2.05, 4.69) is 53.7 Å². The zero-order valence-corrected chi connectivity index (χ0v) is 16.3. The third-order valence-electron chi connectivity index (χ3n) is 5.05. The van der Waals surface area contributed by atoms with Crippen molar-refractivity contribution >= 4 is 28.3 Å². The highest BCUT2D eigenvalue weighted by atomic mass is 16.2. The Kier molecular flexibility index (Phi) is 4.62. The first-order valence-corrected chi connectivity index (χ1v) is 9.34. The number of fused-ring (bicyclic) bond motifs is 1. The van der Waals surface area contributed by atoms with E-state index in [1.807, 2.05) is 49.4 Å². The van der Waals surface area contributed by atoms with Crippen LogP contribution in [0.15, 0.2) is 66.7 Å². The van der Waals surface area contributed by atoms with Gasteiger partial charge in [0.2, 0.25) is 0 Å². The fraction of sp³-hybridized carbons (Fsp3) is 0.125. The highest BCUT2D eigenvalue weighted by Crippen LogP contribution is 2.35. The molecule has 1 aromatic heterocycles. The Bertz CT molecular complexity index is 1160. The van der Waals surface area contributed by atoms with E-state index in [-0.39, 0.29) is 6.03 Å². The van der Waals surface area contributed by atoms with Crippen LogP contribution in [-0.4, -0.2) is 11.0 Å². The molecule has 4 nitrogen and oxygen atoms in total. The van der Waals surface area contributed by atoms with Gasteiger partial charge in [-0.15, -0.1) is 0 Å². The van der Waals surface area contributed by atoms with Gasteiger partial charge in [-0.3, -0.25) is 0 Å². The lowest BCUT2D eigenvalue weighted by atomic mass is 10.1. The molecule has 0 saturated heterocycles. The van der Waals surface area contributed by atoms with E-state index in [1.165, 1.54) is 11.1 Å². The van der Waals surface area contributed by atoms with Crippen LogP contribution >= 0.6 is 0 Å². The van der Waals surface area contributed by atoms with E-state index in [4.69, 9.17) is 0 Å². The van der Waals surface area contributed by atoms with Gasteiger partial charge in [-0.1, -0.05) is 54.1 Å². The van der Waals surface area contributed by atoms with E-state index < -0.39 is 0 Å². The van der Waals surface area contributed by atoms with Crippen molar-refractivity contribution < 1.29 is 4.79 Å². The molecule has 28 heavy (non-hydrogen) atoms. The highest BCUT2D eigenvalue weighted by Gasteiger charge is 2.15. The van der Waals surface area contributed by atoms with E-state index in [1.54, 1.807) is 0 Å². The Balaban J connectivity index is 1.68. The fourth-order valence-corrected chi connectivity index (χ4v) is 3.30. The van der Waals surface area contributed by atoms with E-state index in [0.717, 1.165) is 39.1 Å². The summed E-state index contributed by atoms with van der Waals surface area (Å²) in [5, 5.41) is 6.96. The zero-order chi connectivity index (χ0) is 19.7. The average Bonchev–Trinajstić information content (AvgIpc) is 3.04. The van der Waals surface area contributed by atoms with E-state index >= 15 is 0 Å². The van der Waals surface area contributed by atoms with Crippen molar-refractivity contribution in [2.24, 2.45) is 0 Å². The predicted molar refractivity (Wildman–Crippen MR) is 117 cm³/mol. The molecule has 4 aromatic rings. The summed E-state index contributed by atoms with van der Waals surface area (Å²) in [5.74, 6) is 0. The van der Waals surface area contributed by atoms with Gasteiger partial charge in [0, 0.05) is 22.2 Å². The third kappa shape index (κ3) is 3.49. The lowest BCUT2D eigenvalue weighted by Crippen LogP contribution is -2.19. The highest BCUT2D eigenvalue weighted by molar-refractivity contribution is 6.10. The molecule has 0 spiro atoms. The maximum Gasteiger partial charge on any atom is 0.323 e. The predicted octanol–water partition coefficient (Wildman–Crippen LogP) is 6.40. The standard InChI is InChI=1S/C24H23N3O/c1-15-8-11-18(12-9-15)22-23(20-6-4-5-7-21(20)26-22)27-24(28)25-19-13-10-16(2)17(3)14-19/h4-14,26H,1-3H3,(H2,25,27,28). The number of nitrogens with one attached hydrogen (secondary N) is 3. The van der Waals surface area contributed by atoms with Crippen LogP contribution < -0.4 is 10.6 Å². The second kappa shape index (κ2) is 7.24. The number of aromatic nitrogens is 1. The number of H-pyrrole nitrogens is 1. The smallest absolute Gasteiger partial charge is 0.323 e. The number of carbonyl (C=O) groups excluding carboxylic acids is 1. The van der Waals surface area contributed by atoms with Crippen molar-refractivity contribution in [3.63, 3.8) is 0 Å². The van der Waals surface area contributed by atoms with Crippen molar-refractivity contribution in [2.75, 3.05) is 10.6 Å². The Hall–Kier alpha value is -3.53. The molecule has 3 N–H and O–H groups in total. The van der Waals surface area contributed by atoms with Crippen LogP contribution in [0.5, 0.6) is 0 Å². The third-order valence-corrected chi connectivity index (χ3v) is 5.05. The number of rotatable bonds is 3. The van der Waals surface area contributed by atoms with Crippen LogP contribution in [0.2, 0.25) is 0 Å². The Labute approximate surface area is 164 Å². The molecule has 0 aliphatic heterocycles. The summed E-state index contributed by atoms with van der Waals surface area (Å²) >= 11 is 0. The first-order valence-electron chi connectivity index (χ1n) is 9.34. The van der Waals surface area contributed by atoms with Crippen LogP contribution in [0.3, 0.4) is 0 Å². The quantitative estimate of drug-likeness (QED) is 0.384. The van der Waals surface area contributed by atoms with Crippen molar-refractivity contribution in [3.8, 4) is 11.3 Å². The molecule has 0 aliphatic rings. The molecule has 140 valence electrons. The van der Waals surface area contributed by atoms with Crippen molar-refractivity contribution in [3.05, 3.63) is 83.4 Å². The molecule has 0 fully saturated rings. The second-order valence-electron chi connectivity index (χ2n) is 7.16. The molecule has 1 heterocycles. The summed E-state index contributed by atoms with van der Waals surface area (Å²) < 4.78 is 0. The van der Waals surface area contributed by atoms with Crippen molar-refractivity contribution in [2.45, 2.75) is 20.8 Å². The Morgan fingerprint density at radius 3 is 2.32 bits per heavy atom. The summed E-state index contributed by atoms with van der Waals surface area (Å²) in [6.07, 6.45) is 0. The number of hydrogen-bond acceptors (Lipinski definition) is 1. The molecule has 4 heteroatoms. The topological polar surface area (TPSA) is 56.9 Å². The summed E-state index contributed by atoms with van der Waals surface area (Å²) in [6, 6.07) is 21.9. The largest absolute Gasteiger partial charge is 0.353 e. The van der Waals surface area contributed by atoms with Crippen LogP contribution in [0, 0.1) is 20.8 Å². The summed E-state index contributed by atoms with van der Waals surface area (Å²) in [6.45, 7) is 6.15. The number of hydrogen-bond donors (Lipinski definition) is 3. The zero-order valence-electron chi connectivity index (χ0n) is 16.3. The monoisotopic (exact) mass is 369 g/mol. The molecule has 3 aromatic carbocycles. The molecule has 4 rings (SSSR count). The van der Waals surface area contributed by atoms with Crippen LogP contribution in [0.1, 0.15) is 16.7 Å². The molecular formula is C24H23N3O. The maximum atomic E-state index is 12.7. The van der Waals surface area contributed by atoms with Crippen molar-refractivity contribution in [1.82, 2.24) is 4.98 Å². The summed E-state index contributed by atoms with van der Waals surface area (Å²) in [7, 11) is 0. The van der Waals surface area contributed by atoms with E-state index in [0.29, 0.717) is 0 Å². The molecule has 0 aliphatic carbocycles. The minimum atomic E-state index is -0.263. The lowest BCUT2D eigenvalue weighted by molar-refractivity contribution is 0.262. The molecule has 0 bridgehead atoms. The number of carbonyl (C=O) groups is 1. The number of aryl methyl sites for hydroxylation is 3. The Morgan fingerprint density at radius 2 is 1.57 bits per heavy atom. The van der Waals surface area contributed by atoms with Gasteiger partial charge in [0.05, 0.1) is 11.4 Å². The number of urea groups is 1. The number of para-hydroxylation sites is 1. The number of anilines is 2. The SMILES string of the molecule is Cc1ccc(-c2[nH]c3ccccc3c2NC(=O)Nc2ccc(C)c(C)c2)cc1. The average molecular weight is 369 g/mol. The van der Waals surface area contributed by atoms with Crippen molar-refractivity contribution in [1.29, 1.82) is 0 Å².